The van der Waals surface area contributed by atoms with E-state index in [9.17, 15) is 4.39 Å². The Bertz CT molecular complexity index is 922. The van der Waals surface area contributed by atoms with Gasteiger partial charge in [0.1, 0.15) is 12.4 Å². The summed E-state index contributed by atoms with van der Waals surface area (Å²) in [6.45, 7) is 4.88. The summed E-state index contributed by atoms with van der Waals surface area (Å²) in [5, 5.41) is 13.4. The Morgan fingerprint density at radius 3 is 2.93 bits per heavy atom. The molecule has 0 aliphatic heterocycles. The van der Waals surface area contributed by atoms with E-state index in [1.54, 1.807) is 24.5 Å². The van der Waals surface area contributed by atoms with Gasteiger partial charge in [-0.2, -0.15) is 0 Å². The Morgan fingerprint density at radius 2 is 2.25 bits per heavy atom. The van der Waals surface area contributed by atoms with Crippen LogP contribution >= 0.6 is 0 Å². The minimum Gasteiger partial charge on any atom is -0.494 e. The third kappa shape index (κ3) is 4.67. The maximum absolute atomic E-state index is 14.0. The highest BCUT2D eigenvalue weighted by molar-refractivity contribution is 5.80. The first-order valence-electron chi connectivity index (χ1n) is 8.94. The first-order valence-corrected chi connectivity index (χ1v) is 8.94. The molecule has 3 aromatic rings. The average Bonchev–Trinajstić information content (AvgIpc) is 3.37. The molecule has 0 saturated heterocycles. The second-order valence-electron chi connectivity index (χ2n) is 6.04. The second-order valence-corrected chi connectivity index (χ2v) is 6.04. The van der Waals surface area contributed by atoms with Gasteiger partial charge in [-0.3, -0.25) is 5.10 Å². The van der Waals surface area contributed by atoms with Crippen LogP contribution in [-0.4, -0.2) is 34.8 Å². The van der Waals surface area contributed by atoms with E-state index in [2.05, 4.69) is 30.8 Å². The van der Waals surface area contributed by atoms with Gasteiger partial charge in [0.25, 0.3) is 0 Å². The maximum Gasteiger partial charge on any atom is 0.216 e. The standard InChI is InChI=1S/C19H23FN6O2/c1-4-21-19(23-12(2)13-7-8-15(27-3)14(20)10-13)22-11-17-24-18(26-25-17)16-6-5-9-28-16/h5-10,12H,4,11H2,1-3H3,(H2,21,22,23)(H,24,25,26). The number of ether oxygens (including phenoxy) is 1. The molecular formula is C19H23FN6O2. The number of nitrogens with zero attached hydrogens (tertiary/aromatic N) is 3. The quantitative estimate of drug-likeness (QED) is 0.426. The maximum atomic E-state index is 14.0. The molecule has 3 rings (SSSR count). The Labute approximate surface area is 162 Å². The summed E-state index contributed by atoms with van der Waals surface area (Å²) in [6, 6.07) is 8.28. The SMILES string of the molecule is CCNC(=NCc1nc(-c2ccco2)n[nH]1)NC(C)c1ccc(OC)c(F)c1. The number of nitrogens with one attached hydrogen (secondary N) is 3. The van der Waals surface area contributed by atoms with E-state index in [1.165, 1.54) is 13.2 Å². The number of hydrogen-bond donors (Lipinski definition) is 3. The monoisotopic (exact) mass is 386 g/mol. The van der Waals surface area contributed by atoms with Crippen molar-refractivity contribution in [1.29, 1.82) is 0 Å². The number of guanidine groups is 1. The van der Waals surface area contributed by atoms with Crippen molar-refractivity contribution in [3.63, 3.8) is 0 Å². The molecule has 9 heteroatoms. The number of benzene rings is 1. The molecule has 1 unspecified atom stereocenters. The Morgan fingerprint density at radius 1 is 1.39 bits per heavy atom. The topological polar surface area (TPSA) is 100 Å². The predicted molar refractivity (Wildman–Crippen MR) is 103 cm³/mol. The van der Waals surface area contributed by atoms with E-state index in [-0.39, 0.29) is 11.8 Å². The third-order valence-electron chi connectivity index (χ3n) is 4.03. The van der Waals surface area contributed by atoms with Gasteiger partial charge in [-0.15, -0.1) is 5.10 Å². The molecule has 28 heavy (non-hydrogen) atoms. The van der Waals surface area contributed by atoms with Crippen molar-refractivity contribution in [1.82, 2.24) is 25.8 Å². The van der Waals surface area contributed by atoms with Crippen LogP contribution in [0.1, 0.15) is 31.3 Å². The Hall–Kier alpha value is -3.36. The number of aliphatic imine (C=N–C) groups is 1. The van der Waals surface area contributed by atoms with Crippen LogP contribution in [0.25, 0.3) is 11.6 Å². The average molecular weight is 386 g/mol. The van der Waals surface area contributed by atoms with Crippen LogP contribution in [0.4, 0.5) is 4.39 Å². The van der Waals surface area contributed by atoms with Gasteiger partial charge in [0.15, 0.2) is 23.3 Å². The molecule has 0 fully saturated rings. The largest absolute Gasteiger partial charge is 0.494 e. The van der Waals surface area contributed by atoms with Gasteiger partial charge in [-0.05, 0) is 43.7 Å². The van der Waals surface area contributed by atoms with Crippen molar-refractivity contribution in [2.24, 2.45) is 4.99 Å². The number of H-pyrrole nitrogens is 1. The van der Waals surface area contributed by atoms with E-state index >= 15 is 0 Å². The number of halogens is 1. The van der Waals surface area contributed by atoms with E-state index < -0.39 is 5.82 Å². The highest BCUT2D eigenvalue weighted by Gasteiger charge is 2.12. The molecule has 0 spiro atoms. The van der Waals surface area contributed by atoms with Crippen molar-refractivity contribution >= 4 is 5.96 Å². The molecule has 2 heterocycles. The number of hydrogen-bond acceptors (Lipinski definition) is 5. The molecule has 1 atom stereocenters. The molecule has 0 bridgehead atoms. The Kier molecular flexibility index (Phi) is 6.25. The fraction of sp³-hybridized carbons (Fsp3) is 0.316. The lowest BCUT2D eigenvalue weighted by Gasteiger charge is -2.18. The van der Waals surface area contributed by atoms with Crippen LogP contribution in [0.15, 0.2) is 46.0 Å². The summed E-state index contributed by atoms with van der Waals surface area (Å²) >= 11 is 0. The number of rotatable bonds is 7. The molecule has 2 aromatic heterocycles. The first-order chi connectivity index (χ1) is 13.6. The van der Waals surface area contributed by atoms with Crippen molar-refractivity contribution < 1.29 is 13.5 Å². The number of aromatic nitrogens is 3. The van der Waals surface area contributed by atoms with Crippen molar-refractivity contribution in [3.05, 3.63) is 53.8 Å². The van der Waals surface area contributed by atoms with E-state index in [0.29, 0.717) is 36.5 Å². The lowest BCUT2D eigenvalue weighted by Crippen LogP contribution is -2.38. The van der Waals surface area contributed by atoms with Gasteiger partial charge in [0.2, 0.25) is 5.82 Å². The van der Waals surface area contributed by atoms with Gasteiger partial charge in [-0.25, -0.2) is 14.4 Å². The summed E-state index contributed by atoms with van der Waals surface area (Å²) in [5.41, 5.74) is 0.781. The molecule has 0 saturated carbocycles. The molecule has 0 radical (unpaired) electrons. The zero-order valence-electron chi connectivity index (χ0n) is 16.0. The third-order valence-corrected chi connectivity index (χ3v) is 4.03. The van der Waals surface area contributed by atoms with Gasteiger partial charge in [0, 0.05) is 6.54 Å². The molecule has 0 aliphatic rings. The second kappa shape index (κ2) is 9.03. The normalized spacial score (nSPS) is 12.6. The zero-order chi connectivity index (χ0) is 19.9. The molecule has 1 aromatic carbocycles. The summed E-state index contributed by atoms with van der Waals surface area (Å²) in [7, 11) is 1.44. The number of furan rings is 1. The molecule has 0 aliphatic carbocycles. The van der Waals surface area contributed by atoms with Crippen LogP contribution in [0.5, 0.6) is 5.75 Å². The lowest BCUT2D eigenvalue weighted by atomic mass is 10.1. The highest BCUT2D eigenvalue weighted by atomic mass is 19.1. The molecule has 8 nitrogen and oxygen atoms in total. The molecule has 0 amide bonds. The van der Waals surface area contributed by atoms with Crippen LogP contribution in [0, 0.1) is 5.82 Å². The summed E-state index contributed by atoms with van der Waals surface area (Å²) in [5.74, 6) is 2.08. The zero-order valence-corrected chi connectivity index (χ0v) is 16.0. The van der Waals surface area contributed by atoms with Gasteiger partial charge in [0.05, 0.1) is 19.4 Å². The van der Waals surface area contributed by atoms with Crippen LogP contribution in [0.3, 0.4) is 0 Å². The smallest absolute Gasteiger partial charge is 0.216 e. The molecule has 148 valence electrons. The van der Waals surface area contributed by atoms with Crippen LogP contribution in [0.2, 0.25) is 0 Å². The van der Waals surface area contributed by atoms with Gasteiger partial charge in [-0.1, -0.05) is 6.07 Å². The summed E-state index contributed by atoms with van der Waals surface area (Å²) in [4.78, 5) is 8.88. The number of methoxy groups -OCH3 is 1. The summed E-state index contributed by atoms with van der Waals surface area (Å²) < 4.78 is 24.2. The van der Waals surface area contributed by atoms with Crippen molar-refractivity contribution in [2.75, 3.05) is 13.7 Å². The fourth-order valence-corrected chi connectivity index (χ4v) is 2.60. The lowest BCUT2D eigenvalue weighted by molar-refractivity contribution is 0.386. The van der Waals surface area contributed by atoms with Gasteiger partial charge >= 0.3 is 0 Å². The van der Waals surface area contributed by atoms with E-state index in [4.69, 9.17) is 9.15 Å². The van der Waals surface area contributed by atoms with Crippen molar-refractivity contribution in [2.45, 2.75) is 26.4 Å². The fourth-order valence-electron chi connectivity index (χ4n) is 2.60. The molecular weight excluding hydrogens is 363 g/mol. The predicted octanol–water partition coefficient (Wildman–Crippen LogP) is 3.03. The summed E-state index contributed by atoms with van der Waals surface area (Å²) in [6.07, 6.45) is 1.57. The first kappa shape index (κ1) is 19.4. The highest BCUT2D eigenvalue weighted by Crippen LogP contribution is 2.21. The minimum absolute atomic E-state index is 0.161. The minimum atomic E-state index is -0.400. The molecule has 3 N–H and O–H groups in total. The van der Waals surface area contributed by atoms with E-state index in [1.807, 2.05) is 19.9 Å². The van der Waals surface area contributed by atoms with Crippen LogP contribution < -0.4 is 15.4 Å². The Balaban J connectivity index is 1.68. The van der Waals surface area contributed by atoms with E-state index in [0.717, 1.165) is 5.56 Å². The van der Waals surface area contributed by atoms with Gasteiger partial charge < -0.3 is 19.8 Å². The van der Waals surface area contributed by atoms with Crippen molar-refractivity contribution in [3.8, 4) is 17.3 Å². The van der Waals surface area contributed by atoms with Crippen LogP contribution in [-0.2, 0) is 6.54 Å². The number of aromatic amines is 1.